The molecule has 5 aliphatic carbocycles. The number of hydrogen-bond donors (Lipinski definition) is 0. The fourth-order valence-corrected chi connectivity index (χ4v) is 10.7. The molecule has 4 heteroatoms. The summed E-state index contributed by atoms with van der Waals surface area (Å²) in [6.45, 7) is 17.4. The molecule has 0 N–H and O–H groups in total. The molecular formula is C32H45NO3. The molecule has 196 valence electrons. The lowest BCUT2D eigenvalue weighted by atomic mass is 9.33. The molecule has 4 nitrogen and oxygen atoms in total. The van der Waals surface area contributed by atoms with Crippen LogP contribution in [0.15, 0.2) is 11.6 Å². The maximum atomic E-state index is 14.3. The second-order valence-electron chi connectivity index (χ2n) is 15.4. The molecule has 0 heterocycles. The van der Waals surface area contributed by atoms with Crippen molar-refractivity contribution in [1.29, 1.82) is 5.26 Å². The first-order chi connectivity index (χ1) is 16.5. The number of allylic oxidation sites excluding steroid dienone is 2. The Kier molecular flexibility index (Phi) is 5.33. The highest BCUT2D eigenvalue weighted by molar-refractivity contribution is 5.97. The Balaban J connectivity index is 1.67. The second kappa shape index (κ2) is 7.42. The van der Waals surface area contributed by atoms with E-state index >= 15 is 0 Å². The van der Waals surface area contributed by atoms with E-state index in [0.29, 0.717) is 6.42 Å². The van der Waals surface area contributed by atoms with Gasteiger partial charge in [-0.3, -0.25) is 14.4 Å². The highest BCUT2D eigenvalue weighted by Crippen LogP contribution is 2.75. The molecule has 0 amide bonds. The number of rotatable bonds is 1. The van der Waals surface area contributed by atoms with Crippen LogP contribution in [0.2, 0.25) is 0 Å². The van der Waals surface area contributed by atoms with Crippen LogP contribution in [0, 0.1) is 67.5 Å². The first-order valence-electron chi connectivity index (χ1n) is 14.2. The molecule has 4 saturated carbocycles. The van der Waals surface area contributed by atoms with Crippen molar-refractivity contribution in [2.45, 2.75) is 107 Å². The highest BCUT2D eigenvalue weighted by Gasteiger charge is 2.71. The molecule has 0 saturated heterocycles. The van der Waals surface area contributed by atoms with Crippen LogP contribution in [-0.2, 0) is 14.4 Å². The summed E-state index contributed by atoms with van der Waals surface area (Å²) in [5.74, 6) is -0.0175. The SMILES string of the molecule is CC(=O)[C@]12CCC(C)(C)CC1C1C(=O)C=C3[C@@]4(C)CC(C#N)C(=O)C(C)(C)[C@@H]4CC[C@@]3(C)[C@]1(C)CC2. The van der Waals surface area contributed by atoms with Crippen LogP contribution in [0.5, 0.6) is 0 Å². The zero-order chi connectivity index (χ0) is 26.7. The molecule has 4 fully saturated rings. The predicted octanol–water partition coefficient (Wildman–Crippen LogP) is 6.87. The van der Waals surface area contributed by atoms with Crippen LogP contribution < -0.4 is 0 Å². The summed E-state index contributed by atoms with van der Waals surface area (Å²) in [6.07, 6.45) is 8.99. The van der Waals surface area contributed by atoms with Crippen molar-refractivity contribution in [3.05, 3.63) is 11.6 Å². The van der Waals surface area contributed by atoms with Gasteiger partial charge in [-0.25, -0.2) is 0 Å². The zero-order valence-corrected chi connectivity index (χ0v) is 23.7. The minimum atomic E-state index is -0.624. The van der Waals surface area contributed by atoms with Gasteiger partial charge in [0.1, 0.15) is 11.7 Å². The Morgan fingerprint density at radius 2 is 1.58 bits per heavy atom. The van der Waals surface area contributed by atoms with Gasteiger partial charge in [-0.1, -0.05) is 54.0 Å². The monoisotopic (exact) mass is 491 g/mol. The highest BCUT2D eigenvalue weighted by atomic mass is 16.1. The minimum absolute atomic E-state index is 0.0660. The Morgan fingerprint density at radius 3 is 2.19 bits per heavy atom. The van der Waals surface area contributed by atoms with Gasteiger partial charge in [-0.15, -0.1) is 0 Å². The van der Waals surface area contributed by atoms with Gasteiger partial charge in [-0.05, 0) is 97.9 Å². The Bertz CT molecular complexity index is 1120. The molecule has 3 unspecified atom stereocenters. The van der Waals surface area contributed by atoms with E-state index < -0.39 is 11.3 Å². The average molecular weight is 492 g/mol. The van der Waals surface area contributed by atoms with Crippen LogP contribution in [0.25, 0.3) is 0 Å². The summed E-state index contributed by atoms with van der Waals surface area (Å²) in [5.41, 5.74) is -0.394. The summed E-state index contributed by atoms with van der Waals surface area (Å²) < 4.78 is 0. The first kappa shape index (κ1) is 25.9. The Labute approximate surface area is 217 Å². The third kappa shape index (κ3) is 2.95. The van der Waals surface area contributed by atoms with Gasteiger partial charge in [0.15, 0.2) is 11.6 Å². The number of carbonyl (C=O) groups excluding carboxylic acids is 3. The lowest BCUT2D eigenvalue weighted by Crippen LogP contribution is -2.66. The second-order valence-corrected chi connectivity index (χ2v) is 15.4. The fourth-order valence-electron chi connectivity index (χ4n) is 10.7. The molecule has 0 aromatic rings. The van der Waals surface area contributed by atoms with Gasteiger partial charge in [0, 0.05) is 16.7 Å². The molecule has 0 spiro atoms. The normalized spacial score (nSPS) is 48.9. The average Bonchev–Trinajstić information content (AvgIpc) is 2.77. The molecule has 0 aliphatic heterocycles. The number of ketones is 3. The van der Waals surface area contributed by atoms with Gasteiger partial charge in [0.2, 0.25) is 0 Å². The van der Waals surface area contributed by atoms with Crippen molar-refractivity contribution in [3.63, 3.8) is 0 Å². The van der Waals surface area contributed by atoms with E-state index in [4.69, 9.17) is 0 Å². The number of nitrogens with zero attached hydrogens (tertiary/aromatic N) is 1. The molecular weight excluding hydrogens is 446 g/mol. The fraction of sp³-hybridized carbons (Fsp3) is 0.812. The van der Waals surface area contributed by atoms with Crippen LogP contribution in [0.3, 0.4) is 0 Å². The number of Topliss-reactive ketones (excluding diaryl/α,β-unsaturated/α-hetero) is 2. The minimum Gasteiger partial charge on any atom is -0.299 e. The van der Waals surface area contributed by atoms with Crippen LogP contribution in [-0.4, -0.2) is 17.3 Å². The topological polar surface area (TPSA) is 75.0 Å². The van der Waals surface area contributed by atoms with E-state index in [2.05, 4.69) is 40.7 Å². The maximum Gasteiger partial charge on any atom is 0.159 e. The van der Waals surface area contributed by atoms with Gasteiger partial charge in [0.05, 0.1) is 6.07 Å². The summed E-state index contributed by atoms with van der Waals surface area (Å²) in [6, 6.07) is 2.32. The molecule has 0 aromatic heterocycles. The zero-order valence-electron chi connectivity index (χ0n) is 23.7. The predicted molar refractivity (Wildman–Crippen MR) is 140 cm³/mol. The van der Waals surface area contributed by atoms with Crippen molar-refractivity contribution < 1.29 is 14.4 Å². The summed E-state index contributed by atoms with van der Waals surface area (Å²) >= 11 is 0. The van der Waals surface area contributed by atoms with Gasteiger partial charge in [-0.2, -0.15) is 5.26 Å². The van der Waals surface area contributed by atoms with Gasteiger partial charge < -0.3 is 0 Å². The van der Waals surface area contributed by atoms with Gasteiger partial charge >= 0.3 is 0 Å². The van der Waals surface area contributed by atoms with E-state index in [1.165, 1.54) is 5.57 Å². The van der Waals surface area contributed by atoms with E-state index in [-0.39, 0.29) is 62.2 Å². The van der Waals surface area contributed by atoms with E-state index in [1.54, 1.807) is 6.92 Å². The van der Waals surface area contributed by atoms with Crippen LogP contribution >= 0.6 is 0 Å². The third-order valence-electron chi connectivity index (χ3n) is 13.0. The molecule has 5 aliphatic rings. The van der Waals surface area contributed by atoms with Gasteiger partial charge in [0.25, 0.3) is 0 Å². The van der Waals surface area contributed by atoms with Crippen molar-refractivity contribution >= 4 is 17.3 Å². The molecule has 8 atom stereocenters. The molecule has 0 aromatic carbocycles. The maximum absolute atomic E-state index is 14.3. The van der Waals surface area contributed by atoms with Crippen molar-refractivity contribution in [2.75, 3.05) is 0 Å². The molecule has 0 bridgehead atoms. The largest absolute Gasteiger partial charge is 0.299 e. The van der Waals surface area contributed by atoms with Crippen LogP contribution in [0.4, 0.5) is 0 Å². The molecule has 0 radical (unpaired) electrons. The van der Waals surface area contributed by atoms with Crippen molar-refractivity contribution in [2.24, 2.45) is 56.2 Å². The van der Waals surface area contributed by atoms with E-state index in [9.17, 15) is 19.6 Å². The van der Waals surface area contributed by atoms with Crippen LogP contribution in [0.1, 0.15) is 107 Å². The standard InChI is InChI=1S/C32H45NO3/c1-19(34)32-13-11-27(2,3)17-21(32)25-22(35)15-24-29(6)16-20(18-33)26(36)28(4,5)23(29)9-10-30(24,7)31(25,8)12-14-32/h15,20-21,23,25H,9-14,16-17H2,1-8H3/t20?,21?,23-,25?,29-,30+,31+,32+/m0/s1. The Morgan fingerprint density at radius 1 is 0.944 bits per heavy atom. The smallest absolute Gasteiger partial charge is 0.159 e. The van der Waals surface area contributed by atoms with E-state index in [0.717, 1.165) is 44.9 Å². The Hall–Kier alpha value is -1.76. The van der Waals surface area contributed by atoms with Crippen molar-refractivity contribution in [1.82, 2.24) is 0 Å². The first-order valence-corrected chi connectivity index (χ1v) is 14.2. The number of nitriles is 1. The summed E-state index contributed by atoms with van der Waals surface area (Å²) in [5, 5.41) is 9.92. The summed E-state index contributed by atoms with van der Waals surface area (Å²) in [4.78, 5) is 40.8. The van der Waals surface area contributed by atoms with E-state index in [1.807, 2.05) is 19.9 Å². The third-order valence-corrected chi connectivity index (χ3v) is 13.0. The lowest BCUT2D eigenvalue weighted by molar-refractivity contribution is -0.180. The molecule has 36 heavy (non-hydrogen) atoms. The number of hydrogen-bond acceptors (Lipinski definition) is 4. The number of fused-ring (bicyclic) bond motifs is 7. The summed E-state index contributed by atoms with van der Waals surface area (Å²) in [7, 11) is 0. The number of carbonyl (C=O) groups is 3. The lowest BCUT2D eigenvalue weighted by Gasteiger charge is -2.69. The van der Waals surface area contributed by atoms with Crippen molar-refractivity contribution in [3.8, 4) is 6.07 Å². The quantitative estimate of drug-likeness (QED) is 0.401. The molecule has 5 rings (SSSR count).